The van der Waals surface area contributed by atoms with Crippen LogP contribution in [-0.2, 0) is 11.3 Å². The summed E-state index contributed by atoms with van der Waals surface area (Å²) in [5.74, 6) is -0.472. The van der Waals surface area contributed by atoms with Gasteiger partial charge in [0, 0.05) is 24.8 Å². The zero-order valence-electron chi connectivity index (χ0n) is 17.5. The normalized spacial score (nSPS) is 17.2. The Kier molecular flexibility index (Phi) is 6.01. The quantitative estimate of drug-likeness (QED) is 0.725. The van der Waals surface area contributed by atoms with Gasteiger partial charge in [0.25, 0.3) is 11.8 Å². The summed E-state index contributed by atoms with van der Waals surface area (Å²) < 4.78 is 0. The minimum Gasteiger partial charge on any atom is -0.355 e. The molecule has 2 aromatic rings. The van der Waals surface area contributed by atoms with Gasteiger partial charge in [-0.05, 0) is 42.7 Å². The number of nitrogens with zero attached hydrogens (tertiary/aromatic N) is 1. The zero-order chi connectivity index (χ0) is 22.0. The third-order valence-electron chi connectivity index (χ3n) is 6.39. The first-order valence-electron chi connectivity index (χ1n) is 10.6. The van der Waals surface area contributed by atoms with Gasteiger partial charge in [-0.25, -0.2) is 0 Å². The number of carbonyl (C=O) groups is 3. The smallest absolute Gasteiger partial charge is 0.254 e. The highest BCUT2D eigenvalue weighted by molar-refractivity contribution is 6.34. The van der Waals surface area contributed by atoms with E-state index in [0.29, 0.717) is 22.8 Å². The summed E-state index contributed by atoms with van der Waals surface area (Å²) in [6, 6.07) is 12.5. The second-order valence-electron chi connectivity index (χ2n) is 8.33. The van der Waals surface area contributed by atoms with Crippen molar-refractivity contribution in [2.24, 2.45) is 0 Å². The van der Waals surface area contributed by atoms with Crippen molar-refractivity contribution in [3.63, 3.8) is 0 Å². The molecule has 0 bridgehead atoms. The lowest BCUT2D eigenvalue weighted by Crippen LogP contribution is -2.52. The molecule has 1 aliphatic carbocycles. The van der Waals surface area contributed by atoms with Crippen molar-refractivity contribution in [2.45, 2.75) is 50.6 Å². The number of nitrogens with one attached hydrogen (secondary N) is 2. The summed E-state index contributed by atoms with van der Waals surface area (Å²) in [5.41, 5.74) is 2.08. The van der Waals surface area contributed by atoms with Crippen molar-refractivity contribution in [3.8, 4) is 0 Å². The van der Waals surface area contributed by atoms with Gasteiger partial charge in [-0.3, -0.25) is 14.4 Å². The first kappa shape index (κ1) is 21.4. The number of halogens is 1. The Morgan fingerprint density at radius 3 is 2.55 bits per heavy atom. The maximum absolute atomic E-state index is 13.2. The highest BCUT2D eigenvalue weighted by Gasteiger charge is 2.45. The van der Waals surface area contributed by atoms with E-state index in [9.17, 15) is 14.4 Å². The van der Waals surface area contributed by atoms with Gasteiger partial charge >= 0.3 is 0 Å². The summed E-state index contributed by atoms with van der Waals surface area (Å²) in [5, 5.41) is 5.77. The van der Waals surface area contributed by atoms with Crippen molar-refractivity contribution in [1.82, 2.24) is 10.2 Å². The van der Waals surface area contributed by atoms with E-state index >= 15 is 0 Å². The predicted octanol–water partition coefficient (Wildman–Crippen LogP) is 4.39. The van der Waals surface area contributed by atoms with Gasteiger partial charge < -0.3 is 15.5 Å². The number of benzene rings is 2. The van der Waals surface area contributed by atoms with Crippen LogP contribution in [0.4, 0.5) is 5.69 Å². The van der Waals surface area contributed by atoms with Crippen LogP contribution in [0.15, 0.2) is 42.5 Å². The van der Waals surface area contributed by atoms with Crippen molar-refractivity contribution in [3.05, 3.63) is 64.2 Å². The van der Waals surface area contributed by atoms with Gasteiger partial charge in [-0.2, -0.15) is 0 Å². The lowest BCUT2D eigenvalue weighted by atomic mass is 9.77. The average Bonchev–Trinajstić information content (AvgIpc) is 3.12. The van der Waals surface area contributed by atoms with Gasteiger partial charge in [-0.1, -0.05) is 49.1 Å². The van der Waals surface area contributed by atoms with E-state index in [1.54, 1.807) is 18.2 Å². The molecule has 0 spiro atoms. The van der Waals surface area contributed by atoms with Crippen LogP contribution >= 0.6 is 11.6 Å². The molecule has 6 nitrogen and oxygen atoms in total. The van der Waals surface area contributed by atoms with E-state index in [1.165, 1.54) is 7.05 Å². The second kappa shape index (κ2) is 8.71. The Labute approximate surface area is 187 Å². The fourth-order valence-electron chi connectivity index (χ4n) is 4.81. The first-order valence-corrected chi connectivity index (χ1v) is 11.0. The minimum absolute atomic E-state index is 0.0127. The van der Waals surface area contributed by atoms with E-state index in [0.717, 1.165) is 43.2 Å². The molecule has 0 saturated heterocycles. The maximum Gasteiger partial charge on any atom is 0.254 e. The minimum atomic E-state index is -0.492. The Morgan fingerprint density at radius 1 is 1.10 bits per heavy atom. The molecule has 1 saturated carbocycles. The van der Waals surface area contributed by atoms with Gasteiger partial charge in [0.2, 0.25) is 5.91 Å². The van der Waals surface area contributed by atoms with E-state index < -0.39 is 5.54 Å². The highest BCUT2D eigenvalue weighted by atomic mass is 35.5. The van der Waals surface area contributed by atoms with E-state index in [2.05, 4.69) is 10.6 Å². The number of hydrogen-bond donors (Lipinski definition) is 2. The molecular weight excluding hydrogens is 414 g/mol. The number of fused-ring (bicyclic) bond motifs is 1. The summed E-state index contributed by atoms with van der Waals surface area (Å²) >= 11 is 6.11. The van der Waals surface area contributed by atoms with Crippen LogP contribution in [0.2, 0.25) is 5.02 Å². The van der Waals surface area contributed by atoms with Crippen molar-refractivity contribution < 1.29 is 14.4 Å². The number of carbonyl (C=O) groups excluding carboxylic acids is 3. The van der Waals surface area contributed by atoms with Crippen LogP contribution in [0.1, 0.15) is 64.8 Å². The molecule has 2 aromatic carbocycles. The zero-order valence-corrected chi connectivity index (χ0v) is 18.3. The summed E-state index contributed by atoms with van der Waals surface area (Å²) in [6.45, 7) is 0.546. The van der Waals surface area contributed by atoms with Crippen molar-refractivity contribution >= 4 is 35.0 Å². The Hall–Kier alpha value is -2.86. The molecule has 162 valence electrons. The van der Waals surface area contributed by atoms with Crippen LogP contribution < -0.4 is 10.6 Å². The van der Waals surface area contributed by atoms with Crippen molar-refractivity contribution in [1.29, 1.82) is 0 Å². The molecule has 1 fully saturated rings. The van der Waals surface area contributed by atoms with Gasteiger partial charge in [0.1, 0.15) is 0 Å². The van der Waals surface area contributed by atoms with Crippen LogP contribution in [-0.4, -0.2) is 35.2 Å². The Bertz CT molecular complexity index is 1030. The van der Waals surface area contributed by atoms with Crippen molar-refractivity contribution in [2.75, 3.05) is 12.4 Å². The summed E-state index contributed by atoms with van der Waals surface area (Å²) in [4.78, 5) is 40.2. The molecule has 1 heterocycles. The average molecular weight is 440 g/mol. The number of anilines is 1. The fraction of sp³-hybridized carbons (Fsp3) is 0.375. The molecule has 0 aromatic heterocycles. The summed E-state index contributed by atoms with van der Waals surface area (Å²) in [7, 11) is 1.53. The molecule has 31 heavy (non-hydrogen) atoms. The highest BCUT2D eigenvalue weighted by Crippen LogP contribution is 2.41. The van der Waals surface area contributed by atoms with Crippen LogP contribution in [0.25, 0.3) is 0 Å². The van der Waals surface area contributed by atoms with E-state index in [4.69, 9.17) is 11.6 Å². The number of rotatable bonds is 5. The van der Waals surface area contributed by atoms with Crippen LogP contribution in [0, 0.1) is 0 Å². The molecule has 0 atom stereocenters. The van der Waals surface area contributed by atoms with Gasteiger partial charge in [0.15, 0.2) is 0 Å². The molecule has 3 amide bonds. The second-order valence-corrected chi connectivity index (χ2v) is 8.74. The summed E-state index contributed by atoms with van der Waals surface area (Å²) in [6.07, 6.45) is 4.95. The number of hydrogen-bond acceptors (Lipinski definition) is 3. The Morgan fingerprint density at radius 2 is 1.84 bits per heavy atom. The lowest BCUT2D eigenvalue weighted by molar-refractivity contribution is -0.119. The molecular formula is C24H26ClN3O3. The lowest BCUT2D eigenvalue weighted by Gasteiger charge is -2.44. The van der Waals surface area contributed by atoms with E-state index in [1.807, 2.05) is 29.2 Å². The maximum atomic E-state index is 13.2. The van der Waals surface area contributed by atoms with Gasteiger partial charge in [0.05, 0.1) is 22.5 Å². The van der Waals surface area contributed by atoms with Crippen LogP contribution in [0.5, 0.6) is 0 Å². The molecule has 4 rings (SSSR count). The SMILES string of the molecule is CNC(=O)c1cc(NC(=O)CC2(N3Cc4ccccc4C3=O)CCCCC2)ccc1Cl. The molecule has 1 aliphatic heterocycles. The number of amides is 3. The molecule has 0 radical (unpaired) electrons. The largest absolute Gasteiger partial charge is 0.355 e. The molecule has 0 unspecified atom stereocenters. The fourth-order valence-corrected chi connectivity index (χ4v) is 5.01. The standard InChI is InChI=1S/C24H26ClN3O3/c1-26-22(30)19-13-17(9-10-20(19)25)27-21(29)14-24(11-5-2-6-12-24)28-15-16-7-3-4-8-18(16)23(28)31/h3-4,7-10,13H,2,5-6,11-12,14-15H2,1H3,(H,26,30)(H,27,29). The molecule has 7 heteroatoms. The third kappa shape index (κ3) is 4.17. The third-order valence-corrected chi connectivity index (χ3v) is 6.72. The topological polar surface area (TPSA) is 78.5 Å². The Balaban J connectivity index is 1.55. The first-order chi connectivity index (χ1) is 14.9. The molecule has 2 N–H and O–H groups in total. The van der Waals surface area contributed by atoms with Gasteiger partial charge in [-0.15, -0.1) is 0 Å². The predicted molar refractivity (Wildman–Crippen MR) is 120 cm³/mol. The monoisotopic (exact) mass is 439 g/mol. The van der Waals surface area contributed by atoms with E-state index in [-0.39, 0.29) is 24.1 Å². The van der Waals surface area contributed by atoms with Crippen LogP contribution in [0.3, 0.4) is 0 Å². The molecule has 2 aliphatic rings.